The number of amides is 1. The molecule has 3 rings (SSSR count). The predicted octanol–water partition coefficient (Wildman–Crippen LogP) is 3.80. The predicted molar refractivity (Wildman–Crippen MR) is 119 cm³/mol. The van der Waals surface area contributed by atoms with Gasteiger partial charge in [-0.3, -0.25) is 4.79 Å². The summed E-state index contributed by atoms with van der Waals surface area (Å²) in [5.74, 6) is 0.931. The van der Waals surface area contributed by atoms with E-state index in [1.807, 2.05) is 25.1 Å². The lowest BCUT2D eigenvalue weighted by Gasteiger charge is -2.26. The molecule has 0 atom stereocenters. The number of carbonyl (C=O) groups excluding carboxylic acids is 1. The fraction of sp³-hybridized carbons (Fsp3) is 0.409. The molecule has 2 aromatic rings. The molecule has 0 bridgehead atoms. The van der Waals surface area contributed by atoms with Gasteiger partial charge >= 0.3 is 0 Å². The molecule has 1 aliphatic heterocycles. The average molecular weight is 467 g/mol. The second-order valence-electron chi connectivity index (χ2n) is 6.99. The smallest absolute Gasteiger partial charge is 0.255 e. The zero-order valence-corrected chi connectivity index (χ0v) is 19.5. The Hall–Kier alpha value is -2.29. The highest BCUT2D eigenvalue weighted by molar-refractivity contribution is 7.89. The Morgan fingerprint density at radius 3 is 2.42 bits per heavy atom. The first-order valence-electron chi connectivity index (χ1n) is 10.3. The summed E-state index contributed by atoms with van der Waals surface area (Å²) in [5, 5.41) is 0.205. The zero-order valence-electron chi connectivity index (χ0n) is 17.9. The second kappa shape index (κ2) is 9.89. The highest BCUT2D eigenvalue weighted by atomic mass is 35.5. The molecule has 7 nitrogen and oxygen atoms in total. The van der Waals surface area contributed by atoms with Crippen LogP contribution in [0.15, 0.2) is 41.3 Å². The molecular formula is C22H27ClN2O5S. The van der Waals surface area contributed by atoms with Crippen LogP contribution < -0.4 is 9.47 Å². The number of hydrogen-bond donors (Lipinski definition) is 0. The summed E-state index contributed by atoms with van der Waals surface area (Å²) in [6, 6.07) is 9.81. The summed E-state index contributed by atoms with van der Waals surface area (Å²) < 4.78 is 38.5. The number of benzene rings is 2. The Labute approximate surface area is 188 Å². The lowest BCUT2D eigenvalue weighted by Crippen LogP contribution is -2.32. The molecule has 0 unspecified atom stereocenters. The molecule has 0 spiro atoms. The molecule has 9 heteroatoms. The minimum absolute atomic E-state index is 0.0498. The Morgan fingerprint density at radius 2 is 1.74 bits per heavy atom. The Bertz CT molecular complexity index is 1050. The monoisotopic (exact) mass is 466 g/mol. The standard InChI is InChI=1S/C22H27ClN2O5S/c1-4-24(15-16-8-7-9-20-21(16)30-13-12-29-20)22(26)18-14-17(10-11-19(18)23)31(27,28)25(5-2)6-3/h7-11,14H,4-6,12-13,15H2,1-3H3. The minimum atomic E-state index is -3.71. The molecule has 168 valence electrons. The van der Waals surface area contributed by atoms with Gasteiger partial charge in [0.05, 0.1) is 15.5 Å². The quantitative estimate of drug-likeness (QED) is 0.591. The minimum Gasteiger partial charge on any atom is -0.486 e. The van der Waals surface area contributed by atoms with Crippen LogP contribution in [0.5, 0.6) is 11.5 Å². The number of fused-ring (bicyclic) bond motifs is 1. The third-order valence-corrected chi connectivity index (χ3v) is 7.56. The highest BCUT2D eigenvalue weighted by Gasteiger charge is 2.26. The zero-order chi connectivity index (χ0) is 22.6. The van der Waals surface area contributed by atoms with E-state index in [9.17, 15) is 13.2 Å². The summed E-state index contributed by atoms with van der Waals surface area (Å²) in [6.45, 7) is 7.70. The van der Waals surface area contributed by atoms with E-state index in [1.54, 1.807) is 18.7 Å². The summed E-state index contributed by atoms with van der Waals surface area (Å²) in [5.41, 5.74) is 0.967. The molecule has 0 aromatic heterocycles. The number of ether oxygens (including phenoxy) is 2. The number of halogens is 1. The largest absolute Gasteiger partial charge is 0.486 e. The maximum Gasteiger partial charge on any atom is 0.255 e. The molecular weight excluding hydrogens is 440 g/mol. The van der Waals surface area contributed by atoms with Gasteiger partial charge in [-0.25, -0.2) is 8.42 Å². The third-order valence-electron chi connectivity index (χ3n) is 5.19. The fourth-order valence-corrected chi connectivity index (χ4v) is 5.19. The maximum atomic E-state index is 13.3. The van der Waals surface area contributed by atoms with Gasteiger partial charge in [0.1, 0.15) is 13.2 Å². The van der Waals surface area contributed by atoms with Crippen molar-refractivity contribution in [1.29, 1.82) is 0 Å². The summed E-state index contributed by atoms with van der Waals surface area (Å²) in [6.07, 6.45) is 0. The average Bonchev–Trinajstić information content (AvgIpc) is 2.78. The van der Waals surface area contributed by atoms with Crippen molar-refractivity contribution in [3.05, 3.63) is 52.5 Å². The number of rotatable bonds is 8. The first kappa shape index (κ1) is 23.4. The van der Waals surface area contributed by atoms with Crippen LogP contribution >= 0.6 is 11.6 Å². The number of nitrogens with zero attached hydrogens (tertiary/aromatic N) is 2. The topological polar surface area (TPSA) is 76.1 Å². The Morgan fingerprint density at radius 1 is 1.03 bits per heavy atom. The summed E-state index contributed by atoms with van der Waals surface area (Å²) in [7, 11) is -3.71. The normalized spacial score (nSPS) is 13.3. The first-order chi connectivity index (χ1) is 14.8. The number of sulfonamides is 1. The van der Waals surface area contributed by atoms with Crippen LogP contribution in [-0.2, 0) is 16.6 Å². The SMILES string of the molecule is CCN(Cc1cccc2c1OCCO2)C(=O)c1cc(S(=O)(=O)N(CC)CC)ccc1Cl. The summed E-state index contributed by atoms with van der Waals surface area (Å²) in [4.78, 5) is 15.0. The van der Waals surface area contributed by atoms with Crippen LogP contribution in [0.4, 0.5) is 0 Å². The van der Waals surface area contributed by atoms with E-state index >= 15 is 0 Å². The Kier molecular flexibility index (Phi) is 7.46. The lowest BCUT2D eigenvalue weighted by atomic mass is 10.1. The van der Waals surface area contributed by atoms with E-state index in [-0.39, 0.29) is 27.9 Å². The second-order valence-corrected chi connectivity index (χ2v) is 9.34. The summed E-state index contributed by atoms with van der Waals surface area (Å²) >= 11 is 6.31. The van der Waals surface area contributed by atoms with Gasteiger partial charge in [0.15, 0.2) is 11.5 Å². The van der Waals surface area contributed by atoms with Gasteiger partial charge in [0.25, 0.3) is 5.91 Å². The van der Waals surface area contributed by atoms with Crippen LogP contribution in [0, 0.1) is 0 Å². The Balaban J connectivity index is 1.93. The molecule has 0 saturated heterocycles. The molecule has 1 heterocycles. The van der Waals surface area contributed by atoms with E-state index in [2.05, 4.69) is 0 Å². The molecule has 1 aliphatic rings. The number of hydrogen-bond acceptors (Lipinski definition) is 5. The molecule has 0 saturated carbocycles. The van der Waals surface area contributed by atoms with E-state index in [0.29, 0.717) is 44.3 Å². The van der Waals surface area contributed by atoms with Crippen molar-refractivity contribution in [3.63, 3.8) is 0 Å². The highest BCUT2D eigenvalue weighted by Crippen LogP contribution is 2.34. The van der Waals surface area contributed by atoms with Crippen molar-refractivity contribution in [2.75, 3.05) is 32.8 Å². The van der Waals surface area contributed by atoms with Crippen LogP contribution in [0.3, 0.4) is 0 Å². The molecule has 1 amide bonds. The van der Waals surface area contributed by atoms with Crippen molar-refractivity contribution in [2.24, 2.45) is 0 Å². The van der Waals surface area contributed by atoms with Crippen LogP contribution in [0.1, 0.15) is 36.7 Å². The van der Waals surface area contributed by atoms with Gasteiger partial charge < -0.3 is 14.4 Å². The van der Waals surface area contributed by atoms with Gasteiger partial charge in [-0.1, -0.05) is 37.6 Å². The van der Waals surface area contributed by atoms with Gasteiger partial charge in [0.2, 0.25) is 10.0 Å². The van der Waals surface area contributed by atoms with E-state index in [4.69, 9.17) is 21.1 Å². The van der Waals surface area contributed by atoms with Crippen molar-refractivity contribution < 1.29 is 22.7 Å². The molecule has 31 heavy (non-hydrogen) atoms. The van der Waals surface area contributed by atoms with Gasteiger partial charge in [-0.15, -0.1) is 0 Å². The number of para-hydroxylation sites is 1. The third kappa shape index (κ3) is 4.81. The van der Waals surface area contributed by atoms with Crippen molar-refractivity contribution >= 4 is 27.5 Å². The van der Waals surface area contributed by atoms with Crippen molar-refractivity contribution in [3.8, 4) is 11.5 Å². The van der Waals surface area contributed by atoms with E-state index in [1.165, 1.54) is 22.5 Å². The van der Waals surface area contributed by atoms with Crippen LogP contribution in [-0.4, -0.2) is 56.4 Å². The fourth-order valence-electron chi connectivity index (χ4n) is 3.50. The lowest BCUT2D eigenvalue weighted by molar-refractivity contribution is 0.0749. The maximum absolute atomic E-state index is 13.3. The van der Waals surface area contributed by atoms with Gasteiger partial charge in [0, 0.05) is 31.7 Å². The van der Waals surface area contributed by atoms with Crippen molar-refractivity contribution in [2.45, 2.75) is 32.2 Å². The van der Waals surface area contributed by atoms with Gasteiger partial charge in [-0.05, 0) is 31.2 Å². The molecule has 0 radical (unpaired) electrons. The van der Waals surface area contributed by atoms with E-state index in [0.717, 1.165) is 5.56 Å². The first-order valence-corrected chi connectivity index (χ1v) is 12.1. The molecule has 0 fully saturated rings. The van der Waals surface area contributed by atoms with E-state index < -0.39 is 10.0 Å². The van der Waals surface area contributed by atoms with Crippen LogP contribution in [0.25, 0.3) is 0 Å². The number of carbonyl (C=O) groups is 1. The molecule has 2 aromatic carbocycles. The van der Waals surface area contributed by atoms with Crippen molar-refractivity contribution in [1.82, 2.24) is 9.21 Å². The van der Waals surface area contributed by atoms with Crippen LogP contribution in [0.2, 0.25) is 5.02 Å². The van der Waals surface area contributed by atoms with Gasteiger partial charge in [-0.2, -0.15) is 4.31 Å². The molecule has 0 N–H and O–H groups in total. The molecule has 0 aliphatic carbocycles.